The number of hydrogen-bond donors (Lipinski definition) is 2. The molecule has 2 N–H and O–H groups in total. The van der Waals surface area contributed by atoms with Crippen LogP contribution in [0.25, 0.3) is 93.9 Å². The minimum absolute atomic E-state index is 0.0308. The number of carbonyl (C=O) groups excluding carboxylic acids is 1. The highest BCUT2D eigenvalue weighted by atomic mass is 32.2. The van der Waals surface area contributed by atoms with Crippen molar-refractivity contribution in [3.63, 3.8) is 0 Å². The van der Waals surface area contributed by atoms with Crippen molar-refractivity contribution in [2.75, 3.05) is 37.9 Å². The fourth-order valence-corrected chi connectivity index (χ4v) is 15.6. The summed E-state index contributed by atoms with van der Waals surface area (Å²) in [6.45, 7) is 0.377. The molecule has 10 heteroatoms. The van der Waals surface area contributed by atoms with Crippen LogP contribution < -0.4 is 10.1 Å². The van der Waals surface area contributed by atoms with Gasteiger partial charge in [0.05, 0.1) is 13.2 Å². The average Bonchev–Trinajstić information content (AvgIpc) is 4.14. The Morgan fingerprint density at radius 1 is 0.486 bits per heavy atom. The van der Waals surface area contributed by atoms with Crippen molar-refractivity contribution in [3.05, 3.63) is 200 Å². The first-order valence-electron chi connectivity index (χ1n) is 23.9. The topological polar surface area (TPSA) is 67.8 Å². The second-order valence-electron chi connectivity index (χ2n) is 18.0. The fraction of sp³-hybridized carbons (Fsp3) is 0.113. The van der Waals surface area contributed by atoms with Gasteiger partial charge in [0.25, 0.3) is 0 Å². The lowest BCUT2D eigenvalue weighted by Gasteiger charge is -2.31. The predicted octanol–water partition coefficient (Wildman–Crippen LogP) is 17.5. The largest absolute Gasteiger partial charge is 0.492 e. The van der Waals surface area contributed by atoms with Crippen LogP contribution in [0.15, 0.2) is 210 Å². The summed E-state index contributed by atoms with van der Waals surface area (Å²) in [6, 6.07) is 70.7. The van der Waals surface area contributed by atoms with Crippen molar-refractivity contribution in [1.82, 2.24) is 5.32 Å². The van der Waals surface area contributed by atoms with Gasteiger partial charge in [-0.15, -0.1) is 57.5 Å². The summed E-state index contributed by atoms with van der Waals surface area (Å²) in [5.74, 6) is 1.77. The van der Waals surface area contributed by atoms with Gasteiger partial charge in [-0.3, -0.25) is 0 Å². The molecule has 0 spiro atoms. The van der Waals surface area contributed by atoms with Gasteiger partial charge in [0, 0.05) is 87.2 Å². The summed E-state index contributed by atoms with van der Waals surface area (Å²) in [5, 5.41) is 21.9. The minimum Gasteiger partial charge on any atom is -0.492 e. The van der Waals surface area contributed by atoms with E-state index < -0.39 is 11.5 Å². The number of thioether (sulfide) groups is 2. The molecule has 0 atom stereocenters. The molecule has 0 aliphatic carbocycles. The Morgan fingerprint density at radius 3 is 1.38 bits per heavy atom. The molecule has 3 heterocycles. The summed E-state index contributed by atoms with van der Waals surface area (Å²) in [6.07, 6.45) is -0.548. The first-order valence-corrected chi connectivity index (χ1v) is 28.3. The number of alkyl carbamates (subject to hydrolysis) is 1. The van der Waals surface area contributed by atoms with Gasteiger partial charge in [0.15, 0.2) is 0 Å². The molecule has 354 valence electrons. The van der Waals surface area contributed by atoms with Crippen LogP contribution in [0.5, 0.6) is 5.75 Å². The number of thiophene rings is 3. The van der Waals surface area contributed by atoms with E-state index in [2.05, 4.69) is 193 Å². The normalized spacial score (nSPS) is 11.9. The van der Waals surface area contributed by atoms with Crippen LogP contribution in [-0.2, 0) is 4.74 Å². The van der Waals surface area contributed by atoms with Gasteiger partial charge in [0.1, 0.15) is 19.0 Å². The first-order chi connectivity index (χ1) is 35.5. The van der Waals surface area contributed by atoms with Gasteiger partial charge in [-0.1, -0.05) is 146 Å². The number of aliphatic hydroxyl groups is 1. The highest BCUT2D eigenvalue weighted by molar-refractivity contribution is 8.00. The standard InChI is InChI=1S/C62H47NO4S5/c64-36-62(38-68-44-17-8-14-41(34-44)47-23-11-26-53-50-20-2-5-29-56(50)71-59(47)53,39-69-45-18-9-15-42(35-45)48-24-12-27-54-51-21-3-6-30-57(51)72-60(48)54)37-67-61(65)63-31-32-66-43-16-7-13-40(33-43)46-22-10-25-52-49-19-1-4-28-55(49)70-58(46)52/h1-30,33-35,64H,31-32,36-39H2,(H,63,65). The lowest BCUT2D eigenvalue weighted by Crippen LogP contribution is -2.39. The maximum atomic E-state index is 13.5. The van der Waals surface area contributed by atoms with Gasteiger partial charge in [-0.05, 0) is 88.0 Å². The molecule has 9 aromatic carbocycles. The number of rotatable bonds is 16. The van der Waals surface area contributed by atoms with Gasteiger partial charge in [0.2, 0.25) is 0 Å². The lowest BCUT2D eigenvalue weighted by atomic mass is 9.96. The van der Waals surface area contributed by atoms with Crippen molar-refractivity contribution in [3.8, 4) is 39.1 Å². The van der Waals surface area contributed by atoms with Crippen LogP contribution in [0, 0.1) is 5.41 Å². The number of amides is 1. The molecule has 12 rings (SSSR count). The summed E-state index contributed by atoms with van der Waals surface area (Å²) >= 11 is 8.82. The molecule has 1 amide bonds. The summed E-state index contributed by atoms with van der Waals surface area (Å²) in [4.78, 5) is 15.6. The maximum absolute atomic E-state index is 13.5. The summed E-state index contributed by atoms with van der Waals surface area (Å²) in [5.41, 5.74) is 6.16. The van der Waals surface area contributed by atoms with Crippen molar-refractivity contribution in [2.24, 2.45) is 5.41 Å². The molecule has 0 fully saturated rings. The van der Waals surface area contributed by atoms with Gasteiger partial charge >= 0.3 is 6.09 Å². The lowest BCUT2D eigenvalue weighted by molar-refractivity contribution is 0.0661. The highest BCUT2D eigenvalue weighted by Gasteiger charge is 2.33. The smallest absolute Gasteiger partial charge is 0.407 e. The van der Waals surface area contributed by atoms with Crippen LogP contribution in [0.1, 0.15) is 0 Å². The Kier molecular flexibility index (Phi) is 13.2. The van der Waals surface area contributed by atoms with E-state index in [9.17, 15) is 9.90 Å². The third-order valence-corrected chi connectivity index (χ3v) is 19.6. The van der Waals surface area contributed by atoms with E-state index in [-0.39, 0.29) is 26.4 Å². The Balaban J connectivity index is 0.750. The Hall–Kier alpha value is -6.63. The molecular weight excluding hydrogens is 983 g/mol. The third kappa shape index (κ3) is 9.35. The van der Waals surface area contributed by atoms with Crippen molar-refractivity contribution in [2.45, 2.75) is 9.79 Å². The number of benzene rings is 9. The number of fused-ring (bicyclic) bond motifs is 9. The van der Waals surface area contributed by atoms with Gasteiger partial charge < -0.3 is 19.9 Å². The van der Waals surface area contributed by atoms with Crippen LogP contribution in [-0.4, -0.2) is 49.1 Å². The molecule has 12 aromatic rings. The molecule has 0 saturated heterocycles. The Bertz CT molecular complexity index is 3790. The van der Waals surface area contributed by atoms with E-state index in [1.54, 1.807) is 34.9 Å². The molecule has 0 radical (unpaired) electrons. The number of aliphatic hydroxyl groups excluding tert-OH is 1. The molecule has 0 aliphatic heterocycles. The molecular formula is C62H47NO4S5. The second-order valence-corrected chi connectivity index (χ2v) is 23.3. The maximum Gasteiger partial charge on any atom is 0.407 e. The third-order valence-electron chi connectivity index (χ3n) is 13.2. The number of carbonyl (C=O) groups is 1. The Morgan fingerprint density at radius 2 is 0.903 bits per heavy atom. The fourth-order valence-electron chi connectivity index (χ4n) is 9.51. The molecule has 0 bridgehead atoms. The van der Waals surface area contributed by atoms with Crippen LogP contribution >= 0.6 is 57.5 Å². The monoisotopic (exact) mass is 1030 g/mol. The quantitative estimate of drug-likeness (QED) is 0.0742. The van der Waals surface area contributed by atoms with E-state index in [0.717, 1.165) is 32.2 Å². The highest BCUT2D eigenvalue weighted by Crippen LogP contribution is 2.44. The zero-order valence-corrected chi connectivity index (χ0v) is 43.1. The van der Waals surface area contributed by atoms with Crippen molar-refractivity contribution in [1.29, 1.82) is 0 Å². The molecule has 0 saturated carbocycles. The number of ether oxygens (including phenoxy) is 2. The van der Waals surface area contributed by atoms with Crippen LogP contribution in [0.3, 0.4) is 0 Å². The second kappa shape index (κ2) is 20.5. The average molecular weight is 1030 g/mol. The summed E-state index contributed by atoms with van der Waals surface area (Å²) < 4.78 is 19.8. The molecule has 3 aromatic heterocycles. The minimum atomic E-state index is -0.774. The number of hydrogen-bond acceptors (Lipinski definition) is 9. The molecule has 72 heavy (non-hydrogen) atoms. The van der Waals surface area contributed by atoms with Crippen molar-refractivity contribution >= 4 is 124 Å². The zero-order chi connectivity index (χ0) is 48.4. The Labute approximate surface area is 438 Å². The van der Waals surface area contributed by atoms with E-state index in [1.807, 2.05) is 34.8 Å². The molecule has 5 nitrogen and oxygen atoms in total. The van der Waals surface area contributed by atoms with E-state index in [4.69, 9.17) is 9.47 Å². The van der Waals surface area contributed by atoms with Gasteiger partial charge in [-0.2, -0.15) is 0 Å². The SMILES string of the molecule is O=C(NCCOc1cccc(-c2cccc3c2sc2ccccc23)c1)OCC(CO)(CSc1cccc(-c2cccc3c2sc2ccccc23)c1)CSc1cccc(-c2cccc3c2sc2ccccc23)c1. The van der Waals surface area contributed by atoms with Crippen molar-refractivity contribution < 1.29 is 19.4 Å². The summed E-state index contributed by atoms with van der Waals surface area (Å²) in [7, 11) is 0. The van der Waals surface area contributed by atoms with E-state index in [1.165, 1.54) is 77.2 Å². The first kappa shape index (κ1) is 46.4. The van der Waals surface area contributed by atoms with Crippen LogP contribution in [0.4, 0.5) is 4.79 Å². The molecule has 0 aliphatic rings. The van der Waals surface area contributed by atoms with E-state index in [0.29, 0.717) is 11.5 Å². The number of nitrogens with one attached hydrogen (secondary N) is 1. The zero-order valence-electron chi connectivity index (χ0n) is 39.0. The molecule has 0 unspecified atom stereocenters. The van der Waals surface area contributed by atoms with Gasteiger partial charge in [-0.25, -0.2) is 4.79 Å². The predicted molar refractivity (Wildman–Crippen MR) is 310 cm³/mol. The van der Waals surface area contributed by atoms with E-state index >= 15 is 0 Å². The van der Waals surface area contributed by atoms with Crippen LogP contribution in [0.2, 0.25) is 0 Å².